The number of carbonyl (C=O) groups is 4. The second-order valence-corrected chi connectivity index (χ2v) is 16.4. The Labute approximate surface area is 306 Å². The molecule has 2 saturated heterocycles. The van der Waals surface area contributed by atoms with Crippen LogP contribution in [0.3, 0.4) is 0 Å². The molecule has 4 aliphatic rings. The van der Waals surface area contributed by atoms with Crippen molar-refractivity contribution in [2.45, 2.75) is 116 Å². The van der Waals surface area contributed by atoms with E-state index in [-0.39, 0.29) is 41.2 Å². The Morgan fingerprint density at radius 3 is 2.37 bits per heavy atom. The van der Waals surface area contributed by atoms with Crippen molar-refractivity contribution in [2.24, 2.45) is 29.6 Å². The molecule has 0 unspecified atom stereocenters. The zero-order valence-electron chi connectivity index (χ0n) is 31.0. The Bertz CT molecular complexity index is 1550. The van der Waals surface area contributed by atoms with Crippen LogP contribution in [-0.2, 0) is 23.8 Å². The monoisotopic (exact) mass is 725 g/mol. The van der Waals surface area contributed by atoms with Gasteiger partial charge in [-0.25, -0.2) is 14.0 Å². The number of ether oxygens (including phenoxy) is 3. The first-order valence-electron chi connectivity index (χ1n) is 19.4. The van der Waals surface area contributed by atoms with Crippen LogP contribution < -0.4 is 10.6 Å². The van der Waals surface area contributed by atoms with Gasteiger partial charge in [0.2, 0.25) is 17.6 Å². The van der Waals surface area contributed by atoms with Crippen LogP contribution in [0.4, 0.5) is 14.9 Å². The lowest BCUT2D eigenvalue weighted by Gasteiger charge is -2.37. The largest absolute Gasteiger partial charge is 0.460 e. The van der Waals surface area contributed by atoms with E-state index in [1.54, 1.807) is 45.0 Å². The highest BCUT2D eigenvalue weighted by molar-refractivity contribution is 6.00. The van der Waals surface area contributed by atoms with Gasteiger partial charge in [-0.15, -0.1) is 0 Å². The fourth-order valence-corrected chi connectivity index (χ4v) is 8.82. The van der Waals surface area contributed by atoms with E-state index >= 15 is 0 Å². The van der Waals surface area contributed by atoms with Gasteiger partial charge in [-0.05, 0) is 114 Å². The first-order chi connectivity index (χ1) is 25.0. The number of rotatable bonds is 10. The minimum Gasteiger partial charge on any atom is -0.460 e. The first kappa shape index (κ1) is 38.1. The van der Waals surface area contributed by atoms with Gasteiger partial charge in [0.1, 0.15) is 23.9 Å². The van der Waals surface area contributed by atoms with Crippen LogP contribution in [-0.4, -0.2) is 79.5 Å². The minimum atomic E-state index is -0.702. The summed E-state index contributed by atoms with van der Waals surface area (Å²) in [5, 5.41) is 6.48. The van der Waals surface area contributed by atoms with Gasteiger partial charge in [0.25, 0.3) is 0 Å². The number of anilines is 1. The molecule has 4 fully saturated rings. The summed E-state index contributed by atoms with van der Waals surface area (Å²) in [7, 11) is 0. The van der Waals surface area contributed by atoms with E-state index in [1.165, 1.54) is 6.42 Å². The van der Waals surface area contributed by atoms with Gasteiger partial charge in [0.15, 0.2) is 0 Å². The van der Waals surface area contributed by atoms with Crippen LogP contribution in [0.1, 0.15) is 108 Å². The number of amides is 3. The van der Waals surface area contributed by atoms with E-state index in [1.807, 2.05) is 4.90 Å². The molecule has 1 aromatic heterocycles. The van der Waals surface area contributed by atoms with Crippen LogP contribution in [0.2, 0.25) is 0 Å². The molecule has 2 saturated carbocycles. The van der Waals surface area contributed by atoms with E-state index < -0.39 is 36.4 Å². The SMILES string of the molecule is CC(C)(C)OC(=O)N[C@H](CF)C1CCC(C(=O)N2CC[C@@H](C3CCCCC3)[C@@H]2C(=O)Nc2ccc3oc(C(=O)OCC4CCOCC4)cc3c2)CC1. The summed E-state index contributed by atoms with van der Waals surface area (Å²) in [5.74, 6) is -0.235. The van der Waals surface area contributed by atoms with Gasteiger partial charge < -0.3 is 34.2 Å². The molecular weight excluding hydrogens is 669 g/mol. The maximum Gasteiger partial charge on any atom is 0.407 e. The molecule has 3 atom stereocenters. The Morgan fingerprint density at radius 1 is 0.942 bits per heavy atom. The summed E-state index contributed by atoms with van der Waals surface area (Å²) in [5.41, 5.74) is 0.400. The van der Waals surface area contributed by atoms with Crippen molar-refractivity contribution in [3.05, 3.63) is 30.0 Å². The van der Waals surface area contributed by atoms with Crippen molar-refractivity contribution in [1.82, 2.24) is 10.2 Å². The van der Waals surface area contributed by atoms with Crippen molar-refractivity contribution in [1.29, 1.82) is 0 Å². The second kappa shape index (κ2) is 17.0. The molecule has 2 aliphatic heterocycles. The number of esters is 1. The number of halogens is 1. The van der Waals surface area contributed by atoms with E-state index in [2.05, 4.69) is 10.6 Å². The molecule has 52 heavy (non-hydrogen) atoms. The summed E-state index contributed by atoms with van der Waals surface area (Å²) < 4.78 is 36.1. The van der Waals surface area contributed by atoms with Crippen molar-refractivity contribution in [3.63, 3.8) is 0 Å². The third-order valence-electron chi connectivity index (χ3n) is 11.6. The third kappa shape index (κ3) is 9.46. The molecule has 2 aromatic rings. The zero-order chi connectivity index (χ0) is 36.8. The van der Waals surface area contributed by atoms with Crippen LogP contribution in [0.5, 0.6) is 0 Å². The summed E-state index contributed by atoms with van der Waals surface area (Å²) in [6.45, 7) is 6.80. The first-order valence-corrected chi connectivity index (χ1v) is 19.4. The van der Waals surface area contributed by atoms with E-state index in [4.69, 9.17) is 18.6 Å². The third-order valence-corrected chi connectivity index (χ3v) is 11.6. The van der Waals surface area contributed by atoms with Gasteiger partial charge in [-0.1, -0.05) is 32.1 Å². The van der Waals surface area contributed by atoms with Crippen molar-refractivity contribution in [2.75, 3.05) is 38.4 Å². The number of hydrogen-bond donors (Lipinski definition) is 2. The molecule has 2 aliphatic carbocycles. The highest BCUT2D eigenvalue weighted by Gasteiger charge is 2.47. The summed E-state index contributed by atoms with van der Waals surface area (Å²) in [4.78, 5) is 55.4. The van der Waals surface area contributed by atoms with Gasteiger partial charge >= 0.3 is 12.1 Å². The molecule has 1 aromatic carbocycles. The number of carbonyl (C=O) groups excluding carboxylic acids is 4. The highest BCUT2D eigenvalue weighted by Crippen LogP contribution is 2.41. The van der Waals surface area contributed by atoms with Crippen molar-refractivity contribution in [3.8, 4) is 0 Å². The van der Waals surface area contributed by atoms with Gasteiger partial charge in [-0.3, -0.25) is 9.59 Å². The fourth-order valence-electron chi connectivity index (χ4n) is 8.82. The Kier molecular flexibility index (Phi) is 12.4. The number of hydrogen-bond acceptors (Lipinski definition) is 8. The molecule has 2 N–H and O–H groups in total. The normalized spacial score (nSPS) is 25.4. The number of likely N-dealkylation sites (tertiary alicyclic amines) is 1. The average Bonchev–Trinajstić information content (AvgIpc) is 3.78. The van der Waals surface area contributed by atoms with E-state index in [9.17, 15) is 23.6 Å². The number of alkyl carbamates (subject to hydrolysis) is 1. The van der Waals surface area contributed by atoms with Gasteiger partial charge in [0, 0.05) is 36.8 Å². The topological polar surface area (TPSA) is 136 Å². The van der Waals surface area contributed by atoms with Crippen molar-refractivity contribution >= 4 is 40.5 Å². The Hall–Kier alpha value is -3.67. The van der Waals surface area contributed by atoms with Crippen molar-refractivity contribution < 1.29 is 42.2 Å². The van der Waals surface area contributed by atoms with Crippen LogP contribution in [0, 0.1) is 29.6 Å². The molecular formula is C40H56FN3O8. The number of fused-ring (bicyclic) bond motifs is 1. The smallest absolute Gasteiger partial charge is 0.407 e. The van der Waals surface area contributed by atoms with Crippen LogP contribution in [0.15, 0.2) is 28.7 Å². The molecule has 12 heteroatoms. The molecule has 0 radical (unpaired) electrons. The van der Waals surface area contributed by atoms with Gasteiger partial charge in [-0.2, -0.15) is 0 Å². The lowest BCUT2D eigenvalue weighted by atomic mass is 9.76. The van der Waals surface area contributed by atoms with Gasteiger partial charge in [0.05, 0.1) is 12.6 Å². The lowest BCUT2D eigenvalue weighted by Crippen LogP contribution is -2.50. The van der Waals surface area contributed by atoms with E-state index in [0.29, 0.717) is 74.6 Å². The Balaban J connectivity index is 1.10. The summed E-state index contributed by atoms with van der Waals surface area (Å²) in [6, 6.07) is 5.66. The van der Waals surface area contributed by atoms with Crippen LogP contribution >= 0.6 is 0 Å². The molecule has 0 spiro atoms. The number of nitrogens with one attached hydrogen (secondary N) is 2. The number of alkyl halides is 1. The zero-order valence-corrected chi connectivity index (χ0v) is 31.0. The molecule has 286 valence electrons. The second-order valence-electron chi connectivity index (χ2n) is 16.4. The average molecular weight is 726 g/mol. The minimum absolute atomic E-state index is 0.0111. The molecule has 0 bridgehead atoms. The Morgan fingerprint density at radius 2 is 1.67 bits per heavy atom. The molecule has 6 rings (SSSR count). The fraction of sp³-hybridized carbons (Fsp3) is 0.700. The highest BCUT2D eigenvalue weighted by atomic mass is 19.1. The standard InChI is InChI=1S/C40H56FN3O8/c1-40(2,3)52-39(48)43-32(23-41)27-9-11-28(12-10-27)37(46)44-18-15-31(26-7-5-4-6-8-26)35(44)36(45)42-30-13-14-33-29(21-30)22-34(51-33)38(47)50-24-25-16-19-49-20-17-25/h13-14,21-22,25-28,31-32,35H,4-12,15-20,23-24H2,1-3H3,(H,42,45)(H,43,48)/t27?,28?,31-,32+,35+/m0/s1. The molecule has 3 heterocycles. The van der Waals surface area contributed by atoms with Crippen LogP contribution in [0.25, 0.3) is 11.0 Å². The quantitative estimate of drug-likeness (QED) is 0.242. The van der Waals surface area contributed by atoms with E-state index in [0.717, 1.165) is 44.9 Å². The molecule has 3 amide bonds. The predicted octanol–water partition coefficient (Wildman–Crippen LogP) is 7.42. The number of nitrogens with zero attached hydrogens (tertiary/aromatic N) is 1. The number of benzene rings is 1. The summed E-state index contributed by atoms with van der Waals surface area (Å²) in [6.07, 6.45) is 9.82. The maximum atomic E-state index is 14.2. The molecule has 11 nitrogen and oxygen atoms in total. The maximum absolute atomic E-state index is 14.2. The number of furan rings is 1. The predicted molar refractivity (Wildman–Crippen MR) is 193 cm³/mol. The lowest BCUT2D eigenvalue weighted by molar-refractivity contribution is -0.142. The summed E-state index contributed by atoms with van der Waals surface area (Å²) >= 11 is 0.